The highest BCUT2D eigenvalue weighted by Gasteiger charge is 2.36. The SMILES string of the molecule is NC(=NCC1(c2ccc(Cl)cc2Cl)CCOCC1)N1CCOCC1. The van der Waals surface area contributed by atoms with E-state index < -0.39 is 0 Å². The standard InChI is InChI=1S/C17H23Cl2N3O2/c18-13-1-2-14(15(19)11-13)17(3-7-23-8-4-17)12-21-16(20)22-5-9-24-10-6-22/h1-2,11H,3-10,12H2,(H2,20,21). The van der Waals surface area contributed by atoms with Crippen molar-refractivity contribution in [1.82, 2.24) is 4.90 Å². The molecule has 0 bridgehead atoms. The Hall–Kier alpha value is -1.01. The van der Waals surface area contributed by atoms with Gasteiger partial charge in [0.2, 0.25) is 0 Å². The zero-order chi connectivity index (χ0) is 17.0. The topological polar surface area (TPSA) is 60.1 Å². The summed E-state index contributed by atoms with van der Waals surface area (Å²) in [4.78, 5) is 6.77. The van der Waals surface area contributed by atoms with Crippen molar-refractivity contribution in [2.45, 2.75) is 18.3 Å². The fraction of sp³-hybridized carbons (Fsp3) is 0.588. The first kappa shape index (κ1) is 17.8. The summed E-state index contributed by atoms with van der Waals surface area (Å²) in [5.41, 5.74) is 7.12. The van der Waals surface area contributed by atoms with Crippen LogP contribution in [0.3, 0.4) is 0 Å². The van der Waals surface area contributed by atoms with E-state index in [1.165, 1.54) is 0 Å². The van der Waals surface area contributed by atoms with Gasteiger partial charge in [0.1, 0.15) is 0 Å². The molecule has 7 heteroatoms. The number of halogens is 2. The number of benzene rings is 1. The molecule has 1 aromatic rings. The molecule has 0 atom stereocenters. The van der Waals surface area contributed by atoms with Crippen molar-refractivity contribution in [2.24, 2.45) is 10.7 Å². The maximum absolute atomic E-state index is 6.48. The number of nitrogens with zero attached hydrogens (tertiary/aromatic N) is 2. The number of ether oxygens (including phenoxy) is 2. The largest absolute Gasteiger partial charge is 0.381 e. The summed E-state index contributed by atoms with van der Waals surface area (Å²) < 4.78 is 10.9. The molecule has 24 heavy (non-hydrogen) atoms. The van der Waals surface area contributed by atoms with Gasteiger partial charge in [0.25, 0.3) is 0 Å². The summed E-state index contributed by atoms with van der Waals surface area (Å²) in [6.45, 7) is 4.95. The average Bonchev–Trinajstić information content (AvgIpc) is 2.61. The van der Waals surface area contributed by atoms with E-state index in [2.05, 4.69) is 4.90 Å². The molecule has 0 unspecified atom stereocenters. The summed E-state index contributed by atoms with van der Waals surface area (Å²) in [7, 11) is 0. The molecule has 0 saturated carbocycles. The average molecular weight is 372 g/mol. The molecule has 0 amide bonds. The summed E-state index contributed by atoms with van der Waals surface area (Å²) in [5.74, 6) is 0.578. The van der Waals surface area contributed by atoms with E-state index in [1.54, 1.807) is 6.07 Å². The highest BCUT2D eigenvalue weighted by atomic mass is 35.5. The number of rotatable bonds is 3. The Kier molecular flexibility index (Phi) is 5.87. The Morgan fingerprint density at radius 2 is 1.79 bits per heavy atom. The fourth-order valence-electron chi connectivity index (χ4n) is 3.32. The van der Waals surface area contributed by atoms with Gasteiger partial charge in [-0.25, -0.2) is 0 Å². The molecule has 2 aliphatic rings. The highest BCUT2D eigenvalue weighted by molar-refractivity contribution is 6.35. The number of nitrogens with two attached hydrogens (primary N) is 1. The minimum Gasteiger partial charge on any atom is -0.381 e. The van der Waals surface area contributed by atoms with Gasteiger partial charge in [-0.3, -0.25) is 4.99 Å². The summed E-state index contributed by atoms with van der Waals surface area (Å²) in [6.07, 6.45) is 1.74. The molecule has 0 spiro atoms. The summed E-state index contributed by atoms with van der Waals surface area (Å²) >= 11 is 12.5. The van der Waals surface area contributed by atoms with Crippen molar-refractivity contribution in [2.75, 3.05) is 46.1 Å². The van der Waals surface area contributed by atoms with Crippen LogP contribution < -0.4 is 5.73 Å². The lowest BCUT2D eigenvalue weighted by atomic mass is 9.74. The Morgan fingerprint density at radius 3 is 2.46 bits per heavy atom. The molecular formula is C17H23Cl2N3O2. The monoisotopic (exact) mass is 371 g/mol. The molecule has 2 saturated heterocycles. The first-order valence-electron chi connectivity index (χ1n) is 8.27. The van der Waals surface area contributed by atoms with Crippen molar-refractivity contribution >= 4 is 29.2 Å². The molecule has 2 aliphatic heterocycles. The second-order valence-electron chi connectivity index (χ2n) is 6.29. The van der Waals surface area contributed by atoms with Crippen LogP contribution in [0.1, 0.15) is 18.4 Å². The van der Waals surface area contributed by atoms with Crippen LogP contribution in [0.25, 0.3) is 0 Å². The van der Waals surface area contributed by atoms with Crippen LogP contribution in [-0.2, 0) is 14.9 Å². The van der Waals surface area contributed by atoms with Crippen molar-refractivity contribution in [3.63, 3.8) is 0 Å². The van der Waals surface area contributed by atoms with Gasteiger partial charge >= 0.3 is 0 Å². The lowest BCUT2D eigenvalue weighted by Gasteiger charge is -2.37. The summed E-state index contributed by atoms with van der Waals surface area (Å²) in [6, 6.07) is 5.69. The van der Waals surface area contributed by atoms with Crippen LogP contribution in [0, 0.1) is 0 Å². The van der Waals surface area contributed by atoms with E-state index in [1.807, 2.05) is 12.1 Å². The highest BCUT2D eigenvalue weighted by Crippen LogP contribution is 2.40. The van der Waals surface area contributed by atoms with E-state index in [-0.39, 0.29) is 5.41 Å². The molecule has 0 radical (unpaired) electrons. The smallest absolute Gasteiger partial charge is 0.191 e. The van der Waals surface area contributed by atoms with E-state index in [0.29, 0.717) is 49.0 Å². The predicted octanol–water partition coefficient (Wildman–Crippen LogP) is 2.69. The van der Waals surface area contributed by atoms with Crippen LogP contribution in [0.5, 0.6) is 0 Å². The Bertz CT molecular complexity index is 597. The van der Waals surface area contributed by atoms with Crippen LogP contribution in [0.4, 0.5) is 0 Å². The molecule has 2 fully saturated rings. The number of hydrogen-bond acceptors (Lipinski definition) is 3. The van der Waals surface area contributed by atoms with Crippen LogP contribution >= 0.6 is 23.2 Å². The predicted molar refractivity (Wildman–Crippen MR) is 97.1 cm³/mol. The number of morpholine rings is 1. The third-order valence-electron chi connectivity index (χ3n) is 4.83. The van der Waals surface area contributed by atoms with Gasteiger partial charge in [0.05, 0.1) is 19.8 Å². The quantitative estimate of drug-likeness (QED) is 0.655. The second kappa shape index (κ2) is 7.91. The van der Waals surface area contributed by atoms with Crippen molar-refractivity contribution in [3.8, 4) is 0 Å². The van der Waals surface area contributed by atoms with Gasteiger partial charge in [-0.2, -0.15) is 0 Å². The minimum absolute atomic E-state index is 0.156. The van der Waals surface area contributed by atoms with Gasteiger partial charge in [-0.15, -0.1) is 0 Å². The zero-order valence-corrected chi connectivity index (χ0v) is 15.2. The maximum atomic E-state index is 6.48. The van der Waals surface area contributed by atoms with E-state index in [4.69, 9.17) is 43.4 Å². The molecule has 2 heterocycles. The normalized spacial score (nSPS) is 21.8. The molecule has 2 N–H and O–H groups in total. The van der Waals surface area contributed by atoms with Gasteiger partial charge in [0, 0.05) is 41.8 Å². The lowest BCUT2D eigenvalue weighted by molar-refractivity contribution is 0.0525. The number of hydrogen-bond donors (Lipinski definition) is 1. The van der Waals surface area contributed by atoms with Gasteiger partial charge < -0.3 is 20.1 Å². The molecular weight excluding hydrogens is 349 g/mol. The Morgan fingerprint density at radius 1 is 1.12 bits per heavy atom. The Balaban J connectivity index is 1.83. The first-order chi connectivity index (χ1) is 11.6. The molecule has 1 aromatic carbocycles. The maximum Gasteiger partial charge on any atom is 0.191 e. The van der Waals surface area contributed by atoms with Gasteiger partial charge in [0.15, 0.2) is 5.96 Å². The lowest BCUT2D eigenvalue weighted by Crippen LogP contribution is -2.46. The molecule has 3 rings (SSSR count). The van der Waals surface area contributed by atoms with Crippen LogP contribution in [0.15, 0.2) is 23.2 Å². The summed E-state index contributed by atoms with van der Waals surface area (Å²) in [5, 5.41) is 1.33. The van der Waals surface area contributed by atoms with E-state index >= 15 is 0 Å². The van der Waals surface area contributed by atoms with Crippen LogP contribution in [0.2, 0.25) is 10.0 Å². The van der Waals surface area contributed by atoms with Crippen molar-refractivity contribution < 1.29 is 9.47 Å². The zero-order valence-electron chi connectivity index (χ0n) is 13.6. The van der Waals surface area contributed by atoms with Crippen LogP contribution in [-0.4, -0.2) is 56.9 Å². The van der Waals surface area contributed by atoms with Gasteiger partial charge in [-0.05, 0) is 30.5 Å². The van der Waals surface area contributed by atoms with E-state index in [0.717, 1.165) is 31.5 Å². The second-order valence-corrected chi connectivity index (χ2v) is 7.13. The number of guanidine groups is 1. The molecule has 0 aliphatic carbocycles. The van der Waals surface area contributed by atoms with Crippen molar-refractivity contribution in [3.05, 3.63) is 33.8 Å². The molecule has 5 nitrogen and oxygen atoms in total. The third-order valence-corrected chi connectivity index (χ3v) is 5.38. The minimum atomic E-state index is -0.156. The van der Waals surface area contributed by atoms with Gasteiger partial charge in [-0.1, -0.05) is 29.3 Å². The van der Waals surface area contributed by atoms with E-state index in [9.17, 15) is 0 Å². The number of aliphatic imine (C=N–C) groups is 1. The van der Waals surface area contributed by atoms with Crippen molar-refractivity contribution in [1.29, 1.82) is 0 Å². The third kappa shape index (κ3) is 3.97. The molecule has 132 valence electrons. The first-order valence-corrected chi connectivity index (χ1v) is 9.02. The Labute approximate surface area is 152 Å². The molecule has 0 aromatic heterocycles. The fourth-order valence-corrected chi connectivity index (χ4v) is 3.93.